The Bertz CT molecular complexity index is 1060. The lowest BCUT2D eigenvalue weighted by Crippen LogP contribution is -2.37. The number of hydrogen-bond donors (Lipinski definition) is 2. The minimum absolute atomic E-state index is 0.353. The lowest BCUT2D eigenvalue weighted by atomic mass is 9.97. The van der Waals surface area contributed by atoms with E-state index in [4.69, 9.17) is 4.74 Å². The van der Waals surface area contributed by atoms with E-state index in [-0.39, 0.29) is 11.1 Å². The molecule has 5 rings (SSSR count). The van der Waals surface area contributed by atoms with Crippen LogP contribution in [0.2, 0.25) is 0 Å². The Morgan fingerprint density at radius 3 is 2.53 bits per heavy atom. The Balaban J connectivity index is 1.11. The number of aromatic nitrogens is 2. The van der Waals surface area contributed by atoms with E-state index in [0.717, 1.165) is 76.2 Å². The predicted octanol–water partition coefficient (Wildman–Crippen LogP) is 2.97. The van der Waals surface area contributed by atoms with E-state index < -0.39 is 0 Å². The largest absolute Gasteiger partial charge is 0.385 e. The third kappa shape index (κ3) is 5.51. The fourth-order valence-electron chi connectivity index (χ4n) is 4.36. The molecule has 0 unspecified atom stereocenters. The third-order valence-corrected chi connectivity index (χ3v) is 7.13. The molecule has 9 nitrogen and oxygen atoms in total. The number of ether oxygens (including phenoxy) is 1. The molecule has 178 valence electrons. The molecule has 2 aromatic rings. The second kappa shape index (κ2) is 10.4. The highest BCUT2D eigenvalue weighted by Gasteiger charge is 2.26. The van der Waals surface area contributed by atoms with E-state index in [9.17, 15) is 9.59 Å². The van der Waals surface area contributed by atoms with Crippen molar-refractivity contribution in [2.75, 3.05) is 61.1 Å². The molecule has 0 saturated carbocycles. The molecule has 2 N–H and O–H groups in total. The zero-order chi connectivity index (χ0) is 23.3. The number of morpholine rings is 1. The van der Waals surface area contributed by atoms with E-state index in [2.05, 4.69) is 54.7 Å². The Morgan fingerprint density at radius 2 is 1.82 bits per heavy atom. The number of thioether (sulfide) groups is 1. The first-order chi connectivity index (χ1) is 16.6. The average Bonchev–Trinajstić information content (AvgIpc) is 3.20. The maximum atomic E-state index is 11.8. The van der Waals surface area contributed by atoms with Gasteiger partial charge < -0.3 is 19.9 Å². The summed E-state index contributed by atoms with van der Waals surface area (Å²) in [6.45, 7) is 6.20. The van der Waals surface area contributed by atoms with Gasteiger partial charge in [-0.2, -0.15) is 0 Å². The molecule has 1 aromatic heterocycles. The first-order valence-corrected chi connectivity index (χ1v) is 12.5. The molecule has 4 heterocycles. The smallest absolute Gasteiger partial charge is 0.290 e. The van der Waals surface area contributed by atoms with Crippen LogP contribution in [0, 0.1) is 5.92 Å². The second-order valence-electron chi connectivity index (χ2n) is 8.59. The lowest BCUT2D eigenvalue weighted by Gasteiger charge is -2.32. The minimum Gasteiger partial charge on any atom is -0.385 e. The van der Waals surface area contributed by atoms with Gasteiger partial charge in [0.25, 0.3) is 11.1 Å². The fraction of sp³-hybridized carbons (Fsp3) is 0.417. The van der Waals surface area contributed by atoms with Crippen LogP contribution in [0.3, 0.4) is 0 Å². The van der Waals surface area contributed by atoms with Gasteiger partial charge in [-0.1, -0.05) is 0 Å². The molecular formula is C24H28N6O3S. The van der Waals surface area contributed by atoms with E-state index in [1.54, 1.807) is 18.3 Å². The molecule has 0 aliphatic carbocycles. The summed E-state index contributed by atoms with van der Waals surface area (Å²) >= 11 is 0.895. The van der Waals surface area contributed by atoms with Crippen molar-refractivity contribution in [3.63, 3.8) is 0 Å². The van der Waals surface area contributed by atoms with Gasteiger partial charge in [-0.3, -0.25) is 14.9 Å². The van der Waals surface area contributed by atoms with Crippen LogP contribution in [0.4, 0.5) is 22.1 Å². The molecule has 3 fully saturated rings. The number of piperidine rings is 1. The number of rotatable bonds is 6. The Labute approximate surface area is 203 Å². The van der Waals surface area contributed by atoms with Gasteiger partial charge in [0.15, 0.2) is 0 Å². The van der Waals surface area contributed by atoms with Crippen molar-refractivity contribution in [1.82, 2.24) is 15.3 Å². The normalized spacial score (nSPS) is 20.6. The van der Waals surface area contributed by atoms with Gasteiger partial charge in [0, 0.05) is 50.3 Å². The van der Waals surface area contributed by atoms with Crippen LogP contribution in [0.25, 0.3) is 6.08 Å². The predicted molar refractivity (Wildman–Crippen MR) is 134 cm³/mol. The number of amides is 2. The van der Waals surface area contributed by atoms with Crippen LogP contribution in [-0.4, -0.2) is 67.1 Å². The summed E-state index contributed by atoms with van der Waals surface area (Å²) in [5, 5.41) is 5.50. The highest BCUT2D eigenvalue weighted by molar-refractivity contribution is 8.18. The van der Waals surface area contributed by atoms with Gasteiger partial charge in [-0.25, -0.2) is 9.97 Å². The second-order valence-corrected chi connectivity index (χ2v) is 9.61. The molecule has 2 amide bonds. The van der Waals surface area contributed by atoms with Gasteiger partial charge in [-0.15, -0.1) is 0 Å². The molecule has 0 bridgehead atoms. The lowest BCUT2D eigenvalue weighted by molar-refractivity contribution is -0.115. The van der Waals surface area contributed by atoms with Gasteiger partial charge in [0.05, 0.1) is 23.8 Å². The van der Waals surface area contributed by atoms with Gasteiger partial charge in [-0.05, 0) is 66.9 Å². The molecule has 3 aliphatic rings. The van der Waals surface area contributed by atoms with Crippen LogP contribution in [0.1, 0.15) is 18.5 Å². The number of nitrogens with one attached hydrogen (secondary N) is 2. The Kier molecular flexibility index (Phi) is 6.96. The van der Waals surface area contributed by atoms with Crippen molar-refractivity contribution in [2.24, 2.45) is 5.92 Å². The molecule has 3 aliphatic heterocycles. The maximum Gasteiger partial charge on any atom is 0.290 e. The summed E-state index contributed by atoms with van der Waals surface area (Å²) in [6.07, 6.45) is 5.44. The summed E-state index contributed by atoms with van der Waals surface area (Å²) < 4.78 is 5.43. The minimum atomic E-state index is -0.376. The van der Waals surface area contributed by atoms with E-state index in [1.807, 2.05) is 0 Å². The first-order valence-electron chi connectivity index (χ1n) is 11.6. The van der Waals surface area contributed by atoms with Crippen LogP contribution in [-0.2, 0) is 9.53 Å². The van der Waals surface area contributed by atoms with Crippen molar-refractivity contribution >= 4 is 46.3 Å². The summed E-state index contributed by atoms with van der Waals surface area (Å²) in [4.78, 5) is 37.1. The number of carbonyl (C=O) groups excluding carboxylic acids is 2. The van der Waals surface area contributed by atoms with Gasteiger partial charge >= 0.3 is 0 Å². The average molecular weight is 481 g/mol. The topological polar surface area (TPSA) is 99.7 Å². The van der Waals surface area contributed by atoms with Crippen molar-refractivity contribution in [3.8, 4) is 0 Å². The van der Waals surface area contributed by atoms with Crippen molar-refractivity contribution in [3.05, 3.63) is 47.1 Å². The van der Waals surface area contributed by atoms with E-state index in [0.29, 0.717) is 22.5 Å². The molecule has 0 spiro atoms. The Hall–Kier alpha value is -3.11. The monoisotopic (exact) mass is 480 g/mol. The van der Waals surface area contributed by atoms with Crippen LogP contribution in [0.5, 0.6) is 0 Å². The highest BCUT2D eigenvalue weighted by Crippen LogP contribution is 2.26. The fourth-order valence-corrected chi connectivity index (χ4v) is 5.03. The molecule has 34 heavy (non-hydrogen) atoms. The number of carbonyl (C=O) groups is 2. The first kappa shape index (κ1) is 22.7. The summed E-state index contributed by atoms with van der Waals surface area (Å²) in [7, 11) is 0. The number of hydrogen-bond acceptors (Lipinski definition) is 9. The van der Waals surface area contributed by atoms with E-state index in [1.165, 1.54) is 5.69 Å². The summed E-state index contributed by atoms with van der Waals surface area (Å²) in [6, 6.07) is 10.4. The summed E-state index contributed by atoms with van der Waals surface area (Å²) in [5.41, 5.74) is 3.02. The van der Waals surface area contributed by atoms with E-state index >= 15 is 0 Å². The number of anilines is 3. The van der Waals surface area contributed by atoms with Crippen molar-refractivity contribution in [2.45, 2.75) is 12.8 Å². The van der Waals surface area contributed by atoms with Crippen LogP contribution >= 0.6 is 11.8 Å². The molecular weight excluding hydrogens is 452 g/mol. The van der Waals surface area contributed by atoms with Crippen LogP contribution < -0.4 is 20.4 Å². The molecule has 0 atom stereocenters. The number of nitrogens with zero attached hydrogens (tertiary/aromatic N) is 4. The molecule has 0 radical (unpaired) electrons. The van der Waals surface area contributed by atoms with Crippen LogP contribution in [0.15, 0.2) is 41.4 Å². The number of imide groups is 1. The SMILES string of the molecule is O=C1NC(=O)C(=Cc2ccnc(N3CCC(CNc4ccc(N5CCOCC5)cc4)CC3)n2)S1. The quantitative estimate of drug-likeness (QED) is 0.605. The maximum absolute atomic E-state index is 11.8. The molecule has 1 aromatic carbocycles. The standard InChI is InChI=1S/C24H28N6O3S/c31-22-21(34-24(32)28-22)15-19-5-8-25-23(27-19)30-9-6-17(7-10-30)16-26-18-1-3-20(4-2-18)29-11-13-33-14-12-29/h1-5,8,15,17,26H,6-7,9-14,16H2,(H,28,31,32). The number of benzene rings is 1. The zero-order valence-corrected chi connectivity index (χ0v) is 19.7. The molecule has 3 saturated heterocycles. The van der Waals surface area contributed by atoms with Gasteiger partial charge in [0.1, 0.15) is 0 Å². The molecule has 10 heteroatoms. The third-order valence-electron chi connectivity index (χ3n) is 6.32. The van der Waals surface area contributed by atoms with Crippen molar-refractivity contribution < 1.29 is 14.3 Å². The summed E-state index contributed by atoms with van der Waals surface area (Å²) in [5.74, 6) is 0.874. The highest BCUT2D eigenvalue weighted by atomic mass is 32.2. The Morgan fingerprint density at radius 1 is 1.06 bits per heavy atom. The van der Waals surface area contributed by atoms with Gasteiger partial charge in [0.2, 0.25) is 5.95 Å². The zero-order valence-electron chi connectivity index (χ0n) is 18.9. The van der Waals surface area contributed by atoms with Crippen molar-refractivity contribution in [1.29, 1.82) is 0 Å².